The lowest BCUT2D eigenvalue weighted by Crippen LogP contribution is -2.11. The van der Waals surface area contributed by atoms with E-state index in [1.165, 1.54) is 12.3 Å². The third-order valence-electron chi connectivity index (χ3n) is 2.72. The predicted octanol–water partition coefficient (Wildman–Crippen LogP) is 4.44. The molecule has 2 rings (SSSR count). The summed E-state index contributed by atoms with van der Waals surface area (Å²) in [7, 11) is 0. The Kier molecular flexibility index (Phi) is 4.15. The molecule has 0 saturated carbocycles. The molecule has 2 nitrogen and oxygen atoms in total. The van der Waals surface area contributed by atoms with Gasteiger partial charge in [0, 0.05) is 0 Å². The van der Waals surface area contributed by atoms with Crippen molar-refractivity contribution in [3.63, 3.8) is 0 Å². The van der Waals surface area contributed by atoms with Gasteiger partial charge in [0.05, 0.1) is 28.6 Å². The summed E-state index contributed by atoms with van der Waals surface area (Å²) in [5.41, 5.74) is 1.66. The number of hydrogen-bond donors (Lipinski definition) is 1. The molecule has 0 fully saturated rings. The largest absolute Gasteiger partial charge is 0.375 e. The van der Waals surface area contributed by atoms with Crippen LogP contribution in [0.15, 0.2) is 42.6 Å². The summed E-state index contributed by atoms with van der Waals surface area (Å²) in [5, 5.41) is 3.98. The van der Waals surface area contributed by atoms with Crippen LogP contribution in [0.3, 0.4) is 0 Å². The molecule has 0 saturated heterocycles. The van der Waals surface area contributed by atoms with Gasteiger partial charge in [0.15, 0.2) is 0 Å². The Hall–Kier alpha value is -1.61. The SMILES string of the molecule is CCC(Nc1ccccc1Cl)c1ccc(F)cn1. The average Bonchev–Trinajstić information content (AvgIpc) is 2.39. The van der Waals surface area contributed by atoms with Crippen LogP contribution in [0.4, 0.5) is 10.1 Å². The van der Waals surface area contributed by atoms with Crippen molar-refractivity contribution in [2.45, 2.75) is 19.4 Å². The van der Waals surface area contributed by atoms with E-state index in [1.807, 2.05) is 31.2 Å². The summed E-state index contributed by atoms with van der Waals surface area (Å²) >= 11 is 6.10. The molecule has 1 atom stereocenters. The van der Waals surface area contributed by atoms with Crippen molar-refractivity contribution in [2.24, 2.45) is 0 Å². The zero-order valence-corrected chi connectivity index (χ0v) is 10.8. The second kappa shape index (κ2) is 5.83. The van der Waals surface area contributed by atoms with Crippen LogP contribution < -0.4 is 5.32 Å². The monoisotopic (exact) mass is 264 g/mol. The van der Waals surface area contributed by atoms with Crippen LogP contribution in [0.1, 0.15) is 25.1 Å². The highest BCUT2D eigenvalue weighted by atomic mass is 35.5. The molecule has 1 heterocycles. The van der Waals surface area contributed by atoms with Crippen LogP contribution in [0.5, 0.6) is 0 Å². The van der Waals surface area contributed by atoms with E-state index in [0.29, 0.717) is 5.02 Å². The first-order valence-corrected chi connectivity index (χ1v) is 6.21. The lowest BCUT2D eigenvalue weighted by molar-refractivity contribution is 0.614. The Labute approximate surface area is 111 Å². The number of halogens is 2. The molecule has 1 N–H and O–H groups in total. The van der Waals surface area contributed by atoms with Gasteiger partial charge in [0.25, 0.3) is 0 Å². The lowest BCUT2D eigenvalue weighted by Gasteiger charge is -2.18. The smallest absolute Gasteiger partial charge is 0.141 e. The van der Waals surface area contributed by atoms with Crippen molar-refractivity contribution in [1.82, 2.24) is 4.98 Å². The zero-order chi connectivity index (χ0) is 13.0. The Morgan fingerprint density at radius 3 is 2.67 bits per heavy atom. The average molecular weight is 265 g/mol. The molecule has 94 valence electrons. The summed E-state index contributed by atoms with van der Waals surface area (Å²) in [6, 6.07) is 10.7. The van der Waals surface area contributed by atoms with E-state index in [-0.39, 0.29) is 11.9 Å². The van der Waals surface area contributed by atoms with Crippen LogP contribution in [-0.2, 0) is 0 Å². The summed E-state index contributed by atoms with van der Waals surface area (Å²) in [5.74, 6) is -0.327. The maximum absolute atomic E-state index is 12.8. The Balaban J connectivity index is 2.20. The second-order valence-corrected chi connectivity index (χ2v) is 4.39. The van der Waals surface area contributed by atoms with Crippen molar-refractivity contribution in [3.05, 3.63) is 59.1 Å². The maximum atomic E-state index is 12.8. The van der Waals surface area contributed by atoms with E-state index in [9.17, 15) is 4.39 Å². The van der Waals surface area contributed by atoms with Crippen molar-refractivity contribution >= 4 is 17.3 Å². The van der Waals surface area contributed by atoms with E-state index in [2.05, 4.69) is 10.3 Å². The number of hydrogen-bond acceptors (Lipinski definition) is 2. The molecule has 18 heavy (non-hydrogen) atoms. The lowest BCUT2D eigenvalue weighted by atomic mass is 10.1. The highest BCUT2D eigenvalue weighted by molar-refractivity contribution is 6.33. The maximum Gasteiger partial charge on any atom is 0.141 e. The molecule has 1 unspecified atom stereocenters. The minimum atomic E-state index is -0.327. The molecule has 0 aliphatic heterocycles. The van der Waals surface area contributed by atoms with Gasteiger partial charge in [-0.3, -0.25) is 4.98 Å². The fourth-order valence-electron chi connectivity index (χ4n) is 1.74. The number of pyridine rings is 1. The number of anilines is 1. The van der Waals surface area contributed by atoms with Gasteiger partial charge in [-0.15, -0.1) is 0 Å². The van der Waals surface area contributed by atoms with Crippen LogP contribution in [0.2, 0.25) is 5.02 Å². The third-order valence-corrected chi connectivity index (χ3v) is 3.05. The molecule has 0 bridgehead atoms. The summed E-state index contributed by atoms with van der Waals surface area (Å²) < 4.78 is 12.8. The molecular weight excluding hydrogens is 251 g/mol. The fourth-order valence-corrected chi connectivity index (χ4v) is 1.93. The van der Waals surface area contributed by atoms with Crippen molar-refractivity contribution < 1.29 is 4.39 Å². The molecule has 0 spiro atoms. The quantitative estimate of drug-likeness (QED) is 0.883. The van der Waals surface area contributed by atoms with E-state index in [4.69, 9.17) is 11.6 Å². The fraction of sp³-hybridized carbons (Fsp3) is 0.214. The van der Waals surface area contributed by atoms with Gasteiger partial charge in [0.1, 0.15) is 5.82 Å². The van der Waals surface area contributed by atoms with Gasteiger partial charge in [-0.25, -0.2) is 4.39 Å². The number of nitrogens with one attached hydrogen (secondary N) is 1. The van der Waals surface area contributed by atoms with E-state index >= 15 is 0 Å². The van der Waals surface area contributed by atoms with Gasteiger partial charge in [-0.05, 0) is 30.7 Å². The molecule has 0 aliphatic rings. The number of nitrogens with zero attached hydrogens (tertiary/aromatic N) is 1. The molecule has 4 heteroatoms. The molecule has 0 radical (unpaired) electrons. The molecule has 1 aromatic carbocycles. The van der Waals surface area contributed by atoms with Crippen molar-refractivity contribution in [2.75, 3.05) is 5.32 Å². The Morgan fingerprint density at radius 2 is 2.06 bits per heavy atom. The van der Waals surface area contributed by atoms with Gasteiger partial charge < -0.3 is 5.32 Å². The topological polar surface area (TPSA) is 24.9 Å². The Morgan fingerprint density at radius 1 is 1.28 bits per heavy atom. The van der Waals surface area contributed by atoms with Gasteiger partial charge in [-0.2, -0.15) is 0 Å². The summed E-state index contributed by atoms with van der Waals surface area (Å²) in [6.07, 6.45) is 2.07. The second-order valence-electron chi connectivity index (χ2n) is 3.99. The van der Waals surface area contributed by atoms with Crippen LogP contribution in [0, 0.1) is 5.82 Å². The first kappa shape index (κ1) is 12.8. The Bertz CT molecular complexity index is 513. The standard InChI is InChI=1S/C14H14ClFN2/c1-2-12(14-8-7-10(16)9-17-14)18-13-6-4-3-5-11(13)15/h3-9,12,18H,2H2,1H3. The summed E-state index contributed by atoms with van der Waals surface area (Å²) in [4.78, 5) is 4.09. The van der Waals surface area contributed by atoms with Crippen LogP contribution in [0.25, 0.3) is 0 Å². The number of aromatic nitrogens is 1. The van der Waals surface area contributed by atoms with Crippen LogP contribution in [-0.4, -0.2) is 4.98 Å². The first-order valence-electron chi connectivity index (χ1n) is 5.83. The van der Waals surface area contributed by atoms with Gasteiger partial charge >= 0.3 is 0 Å². The zero-order valence-electron chi connectivity index (χ0n) is 10.0. The van der Waals surface area contributed by atoms with Crippen molar-refractivity contribution in [3.8, 4) is 0 Å². The number of para-hydroxylation sites is 1. The van der Waals surface area contributed by atoms with Gasteiger partial charge in [0.2, 0.25) is 0 Å². The highest BCUT2D eigenvalue weighted by Gasteiger charge is 2.11. The van der Waals surface area contributed by atoms with E-state index < -0.39 is 0 Å². The van der Waals surface area contributed by atoms with Crippen LogP contribution >= 0.6 is 11.6 Å². The molecular formula is C14H14ClFN2. The summed E-state index contributed by atoms with van der Waals surface area (Å²) in [6.45, 7) is 2.04. The molecule has 1 aromatic heterocycles. The molecule has 0 aliphatic carbocycles. The predicted molar refractivity (Wildman–Crippen MR) is 72.3 cm³/mol. The molecule has 2 aromatic rings. The van der Waals surface area contributed by atoms with Crippen molar-refractivity contribution in [1.29, 1.82) is 0 Å². The number of rotatable bonds is 4. The highest BCUT2D eigenvalue weighted by Crippen LogP contribution is 2.26. The van der Waals surface area contributed by atoms with E-state index in [0.717, 1.165) is 17.8 Å². The number of benzene rings is 1. The van der Waals surface area contributed by atoms with Gasteiger partial charge in [-0.1, -0.05) is 30.7 Å². The minimum absolute atomic E-state index is 0.0190. The van der Waals surface area contributed by atoms with E-state index in [1.54, 1.807) is 6.07 Å². The minimum Gasteiger partial charge on any atom is -0.375 e. The first-order chi connectivity index (χ1) is 8.70. The molecule has 0 amide bonds. The normalized spacial score (nSPS) is 12.2. The third kappa shape index (κ3) is 2.99.